The quantitative estimate of drug-likeness (QED) is 0.546. The zero-order valence-corrected chi connectivity index (χ0v) is 14.6. The van der Waals surface area contributed by atoms with Gasteiger partial charge in [0.2, 0.25) is 0 Å². The Hall–Kier alpha value is -1.06. The number of hydrogen-bond acceptors (Lipinski definition) is 2. The average molecular weight is 337 g/mol. The lowest BCUT2D eigenvalue weighted by molar-refractivity contribution is 0.196. The second kappa shape index (κ2) is 7.98. The Bertz CT molecular complexity index is 558. The number of benzene rings is 2. The molecule has 0 amide bonds. The van der Waals surface area contributed by atoms with Crippen molar-refractivity contribution in [1.82, 2.24) is 9.80 Å². The zero-order valence-electron chi connectivity index (χ0n) is 13.0. The second-order valence-electron chi connectivity index (χ2n) is 5.67. The van der Waals surface area contributed by atoms with Crippen LogP contribution in [0.15, 0.2) is 60.7 Å². The van der Waals surface area contributed by atoms with E-state index in [-0.39, 0.29) is 0 Å². The fourth-order valence-corrected chi connectivity index (χ4v) is 2.90. The summed E-state index contributed by atoms with van der Waals surface area (Å²) in [5.41, 5.74) is 2.45. The van der Waals surface area contributed by atoms with Crippen LogP contribution in [0.3, 0.4) is 0 Å². The minimum Gasteiger partial charge on any atom is -0.298 e. The van der Waals surface area contributed by atoms with Gasteiger partial charge in [-0.3, -0.25) is 9.80 Å². The molecule has 0 aliphatic carbocycles. The van der Waals surface area contributed by atoms with Crippen molar-refractivity contribution in [2.75, 3.05) is 20.6 Å². The molecular weight excluding hydrogens is 315 g/mol. The highest BCUT2D eigenvalue weighted by atomic mass is 35.5. The van der Waals surface area contributed by atoms with Gasteiger partial charge in [-0.05, 0) is 25.2 Å². The third kappa shape index (κ3) is 5.29. The number of nitrogens with zero attached hydrogens (tertiary/aromatic N) is 2. The van der Waals surface area contributed by atoms with E-state index in [0.29, 0.717) is 13.1 Å². The molecule has 2 rings (SSSR count). The SMILES string of the molecule is CN(Cc1ccccc1)CC(Cl)(Cl)N(C)Cc1ccccc1. The Balaban J connectivity index is 1.91. The molecule has 22 heavy (non-hydrogen) atoms. The lowest BCUT2D eigenvalue weighted by Crippen LogP contribution is -2.44. The number of alkyl halides is 2. The summed E-state index contributed by atoms with van der Waals surface area (Å²) in [6.45, 7) is 2.10. The molecule has 2 aromatic carbocycles. The van der Waals surface area contributed by atoms with Crippen LogP contribution in [-0.2, 0) is 13.1 Å². The molecule has 0 unspecified atom stereocenters. The van der Waals surface area contributed by atoms with E-state index in [4.69, 9.17) is 23.2 Å². The maximum absolute atomic E-state index is 6.55. The van der Waals surface area contributed by atoms with Crippen molar-refractivity contribution < 1.29 is 0 Å². The zero-order chi connectivity index (χ0) is 16.0. The summed E-state index contributed by atoms with van der Waals surface area (Å²) in [5, 5.41) is 0. The van der Waals surface area contributed by atoms with E-state index in [1.165, 1.54) is 11.1 Å². The molecule has 0 aliphatic heterocycles. The highest BCUT2D eigenvalue weighted by Crippen LogP contribution is 2.27. The van der Waals surface area contributed by atoms with Crippen molar-refractivity contribution in [1.29, 1.82) is 0 Å². The lowest BCUT2D eigenvalue weighted by Gasteiger charge is -2.34. The molecule has 2 nitrogen and oxygen atoms in total. The van der Waals surface area contributed by atoms with Crippen molar-refractivity contribution >= 4 is 23.2 Å². The van der Waals surface area contributed by atoms with Gasteiger partial charge in [0, 0.05) is 19.6 Å². The van der Waals surface area contributed by atoms with E-state index in [1.807, 2.05) is 55.4 Å². The molecule has 4 heteroatoms. The average Bonchev–Trinajstić information content (AvgIpc) is 2.48. The molecule has 0 aliphatic rings. The second-order valence-corrected chi connectivity index (χ2v) is 7.11. The van der Waals surface area contributed by atoms with Gasteiger partial charge in [0.15, 0.2) is 4.46 Å². The predicted octanol–water partition coefficient (Wildman–Crippen LogP) is 4.38. The molecule has 0 saturated heterocycles. The first-order valence-electron chi connectivity index (χ1n) is 7.33. The normalized spacial score (nSPS) is 12.1. The van der Waals surface area contributed by atoms with Crippen LogP contribution in [0, 0.1) is 0 Å². The van der Waals surface area contributed by atoms with Crippen molar-refractivity contribution in [3.05, 3.63) is 71.8 Å². The Morgan fingerprint density at radius 1 is 0.773 bits per heavy atom. The fraction of sp³-hybridized carbons (Fsp3) is 0.333. The molecule has 0 bridgehead atoms. The molecule has 118 valence electrons. The van der Waals surface area contributed by atoms with Gasteiger partial charge in [0.05, 0.1) is 0 Å². The minimum atomic E-state index is -0.931. The van der Waals surface area contributed by atoms with E-state index >= 15 is 0 Å². The van der Waals surface area contributed by atoms with E-state index in [2.05, 4.69) is 29.2 Å². The maximum Gasteiger partial charge on any atom is 0.184 e. The number of hydrogen-bond donors (Lipinski definition) is 0. The van der Waals surface area contributed by atoms with Gasteiger partial charge in [0.1, 0.15) is 0 Å². The van der Waals surface area contributed by atoms with Gasteiger partial charge in [-0.1, -0.05) is 83.9 Å². The van der Waals surface area contributed by atoms with Gasteiger partial charge in [-0.2, -0.15) is 0 Å². The molecule has 0 heterocycles. The molecule has 0 spiro atoms. The molecule has 2 aromatic rings. The smallest absolute Gasteiger partial charge is 0.184 e. The molecule has 0 atom stereocenters. The number of halogens is 2. The Labute approximate surface area is 143 Å². The standard InChI is InChI=1S/C18H22Cl2N2/c1-21(13-16-9-5-3-6-10-16)15-18(19,20)22(2)14-17-11-7-4-8-12-17/h3-12H,13-15H2,1-2H3. The van der Waals surface area contributed by atoms with Crippen LogP contribution in [0.2, 0.25) is 0 Å². The van der Waals surface area contributed by atoms with Crippen molar-refractivity contribution in [2.24, 2.45) is 0 Å². The summed E-state index contributed by atoms with van der Waals surface area (Å²) in [5.74, 6) is 0. The molecule has 0 radical (unpaired) electrons. The van der Waals surface area contributed by atoms with Gasteiger partial charge in [0.25, 0.3) is 0 Å². The van der Waals surface area contributed by atoms with Crippen molar-refractivity contribution in [3.63, 3.8) is 0 Å². The summed E-state index contributed by atoms with van der Waals surface area (Å²) >= 11 is 13.1. The first-order chi connectivity index (χ1) is 10.5. The topological polar surface area (TPSA) is 6.48 Å². The Kier molecular flexibility index (Phi) is 6.27. The van der Waals surface area contributed by atoms with Crippen molar-refractivity contribution in [3.8, 4) is 0 Å². The largest absolute Gasteiger partial charge is 0.298 e. The first kappa shape index (κ1) is 17.3. The van der Waals surface area contributed by atoms with Gasteiger partial charge in [-0.25, -0.2) is 0 Å². The maximum atomic E-state index is 6.55. The fourth-order valence-electron chi connectivity index (χ4n) is 2.37. The Morgan fingerprint density at radius 3 is 1.73 bits per heavy atom. The monoisotopic (exact) mass is 336 g/mol. The van der Waals surface area contributed by atoms with Crippen LogP contribution < -0.4 is 0 Å². The third-order valence-corrected chi connectivity index (χ3v) is 4.39. The number of rotatable bonds is 7. The molecular formula is C18H22Cl2N2. The highest BCUT2D eigenvalue weighted by Gasteiger charge is 2.30. The van der Waals surface area contributed by atoms with Crippen LogP contribution >= 0.6 is 23.2 Å². The van der Waals surface area contributed by atoms with Crippen molar-refractivity contribution in [2.45, 2.75) is 17.5 Å². The minimum absolute atomic E-state index is 0.564. The van der Waals surface area contributed by atoms with Crippen LogP contribution in [0.1, 0.15) is 11.1 Å². The highest BCUT2D eigenvalue weighted by molar-refractivity contribution is 6.48. The molecule has 0 saturated carbocycles. The van der Waals surface area contributed by atoms with E-state index in [1.54, 1.807) is 0 Å². The summed E-state index contributed by atoms with van der Waals surface area (Å²) in [6.07, 6.45) is 0. The third-order valence-electron chi connectivity index (χ3n) is 3.58. The first-order valence-corrected chi connectivity index (χ1v) is 8.08. The lowest BCUT2D eigenvalue weighted by atomic mass is 10.2. The summed E-state index contributed by atoms with van der Waals surface area (Å²) in [6, 6.07) is 20.5. The predicted molar refractivity (Wildman–Crippen MR) is 95.1 cm³/mol. The summed E-state index contributed by atoms with van der Waals surface area (Å²) < 4.78 is -0.931. The van der Waals surface area contributed by atoms with Gasteiger partial charge < -0.3 is 0 Å². The summed E-state index contributed by atoms with van der Waals surface area (Å²) in [4.78, 5) is 4.10. The summed E-state index contributed by atoms with van der Waals surface area (Å²) in [7, 11) is 3.98. The van der Waals surface area contributed by atoms with Gasteiger partial charge >= 0.3 is 0 Å². The van der Waals surface area contributed by atoms with Crippen LogP contribution in [-0.4, -0.2) is 34.9 Å². The van der Waals surface area contributed by atoms with Crippen LogP contribution in [0.25, 0.3) is 0 Å². The van der Waals surface area contributed by atoms with Crippen LogP contribution in [0.4, 0.5) is 0 Å². The van der Waals surface area contributed by atoms with E-state index < -0.39 is 4.46 Å². The van der Waals surface area contributed by atoms with E-state index in [9.17, 15) is 0 Å². The molecule has 0 N–H and O–H groups in total. The number of likely N-dealkylation sites (N-methyl/N-ethyl adjacent to an activating group) is 2. The van der Waals surface area contributed by atoms with E-state index in [0.717, 1.165) is 6.54 Å². The molecule has 0 fully saturated rings. The van der Waals surface area contributed by atoms with Gasteiger partial charge in [-0.15, -0.1) is 0 Å². The Morgan fingerprint density at radius 2 is 1.23 bits per heavy atom. The van der Waals surface area contributed by atoms with Crippen LogP contribution in [0.5, 0.6) is 0 Å². The molecule has 0 aromatic heterocycles.